The lowest BCUT2D eigenvalue weighted by Gasteiger charge is -1.59. The summed E-state index contributed by atoms with van der Waals surface area (Å²) in [5, 5.41) is 0. The summed E-state index contributed by atoms with van der Waals surface area (Å²) in [6.07, 6.45) is 0. The summed E-state index contributed by atoms with van der Waals surface area (Å²) in [4.78, 5) is 0. The molecule has 0 saturated heterocycles. The van der Waals surface area contributed by atoms with Crippen molar-refractivity contribution < 1.29 is 13.3 Å². The van der Waals surface area contributed by atoms with Gasteiger partial charge in [-0.25, -0.2) is 0 Å². The Kier molecular flexibility index (Phi) is 13.9. The Morgan fingerprint density at radius 3 is 1.33 bits per heavy atom. The van der Waals surface area contributed by atoms with Gasteiger partial charge in [0.2, 0.25) is 0 Å². The Morgan fingerprint density at radius 2 is 1.33 bits per heavy atom. The molecule has 0 amide bonds. The zero-order valence-electron chi connectivity index (χ0n) is 2.87. The van der Waals surface area contributed by atoms with E-state index in [2.05, 4.69) is 11.7 Å². The zero-order chi connectivity index (χ0) is 5.58. The van der Waals surface area contributed by atoms with Crippen molar-refractivity contribution in [3.63, 3.8) is 0 Å². The van der Waals surface area contributed by atoms with Crippen LogP contribution in [0.4, 0.5) is 0 Å². The van der Waals surface area contributed by atoms with Crippen LogP contribution in [0.1, 0.15) is 0 Å². The van der Waals surface area contributed by atoms with Crippen molar-refractivity contribution in [2.45, 2.75) is 0 Å². The molecule has 0 spiro atoms. The van der Waals surface area contributed by atoms with Gasteiger partial charge < -0.3 is 0 Å². The quantitative estimate of drug-likeness (QED) is 0.174. The maximum atomic E-state index is 8.67. The van der Waals surface area contributed by atoms with E-state index >= 15 is 0 Å². The first-order valence-corrected chi connectivity index (χ1v) is 1.93. The molecule has 0 aromatic heterocycles. The molecule has 0 fully saturated rings. The van der Waals surface area contributed by atoms with Crippen LogP contribution in [0.3, 0.4) is 0 Å². The molecule has 0 aliphatic rings. The summed E-state index contributed by atoms with van der Waals surface area (Å²) in [5.74, 6) is 8.00. The second-order valence-electron chi connectivity index (χ2n) is 0.231. The topological polar surface area (TPSA) is 110 Å². The van der Waals surface area contributed by atoms with Crippen molar-refractivity contribution in [1.29, 1.82) is 0 Å². The second-order valence-corrected chi connectivity index (χ2v) is 0.692. The summed E-state index contributed by atoms with van der Waals surface area (Å²) in [6, 6.07) is 0. The van der Waals surface area contributed by atoms with Gasteiger partial charge in [0.05, 0.1) is 0 Å². The number of rotatable bonds is 0. The van der Waals surface area contributed by atoms with Crippen molar-refractivity contribution in [2.75, 3.05) is 0 Å². The van der Waals surface area contributed by atoms with Gasteiger partial charge in [-0.2, -0.15) is 4.21 Å². The molecular formula is H6N2O3S. The molecule has 0 radical (unpaired) electrons. The van der Waals surface area contributed by atoms with Crippen LogP contribution >= 0.6 is 0 Å². The van der Waals surface area contributed by atoms with Gasteiger partial charge in [-0.15, -0.1) is 0 Å². The number of nitrogens with two attached hydrogens (primary N) is 2. The van der Waals surface area contributed by atoms with E-state index in [9.17, 15) is 0 Å². The van der Waals surface area contributed by atoms with Gasteiger partial charge >= 0.3 is 0 Å². The minimum atomic E-state index is -2.61. The highest BCUT2D eigenvalue weighted by Gasteiger charge is 1.62. The van der Waals surface area contributed by atoms with Gasteiger partial charge in [0.25, 0.3) is 11.4 Å². The number of hydrogen-bond donors (Lipinski definition) is 4. The Morgan fingerprint density at radius 1 is 1.33 bits per heavy atom. The Labute approximate surface area is 37.4 Å². The summed E-state index contributed by atoms with van der Waals surface area (Å²) >= 11 is -2.61. The van der Waals surface area contributed by atoms with Gasteiger partial charge in [0.1, 0.15) is 0 Å². The molecule has 0 aliphatic heterocycles. The van der Waals surface area contributed by atoms with Crippen molar-refractivity contribution >= 4 is 11.4 Å². The van der Waals surface area contributed by atoms with Crippen LogP contribution in [0, 0.1) is 0 Å². The van der Waals surface area contributed by atoms with Crippen LogP contribution in [0.2, 0.25) is 0 Å². The molecule has 0 aliphatic carbocycles. The van der Waals surface area contributed by atoms with E-state index in [-0.39, 0.29) is 0 Å². The molecule has 40 valence electrons. The Balaban J connectivity index is 0. The highest BCUT2D eigenvalue weighted by atomic mass is 32.2. The van der Waals surface area contributed by atoms with Crippen molar-refractivity contribution in [3.8, 4) is 0 Å². The predicted octanol–water partition coefficient (Wildman–Crippen LogP) is -1.50. The molecule has 0 heterocycles. The number of hydrazine groups is 1. The molecule has 0 saturated carbocycles. The van der Waals surface area contributed by atoms with E-state index in [4.69, 9.17) is 13.3 Å². The van der Waals surface area contributed by atoms with Crippen LogP contribution in [0.5, 0.6) is 0 Å². The second kappa shape index (κ2) is 8.89. The van der Waals surface area contributed by atoms with E-state index in [1.165, 1.54) is 0 Å². The van der Waals surface area contributed by atoms with Gasteiger partial charge in [0.15, 0.2) is 0 Å². The molecule has 0 atom stereocenters. The monoisotopic (exact) mass is 114 g/mol. The van der Waals surface area contributed by atoms with E-state index in [0.717, 1.165) is 0 Å². The summed E-state index contributed by atoms with van der Waals surface area (Å²) < 4.78 is 22.8. The molecule has 0 aromatic rings. The molecular weight excluding hydrogens is 108 g/mol. The van der Waals surface area contributed by atoms with Crippen LogP contribution in [-0.2, 0) is 11.4 Å². The molecule has 6 heteroatoms. The average molecular weight is 114 g/mol. The normalized spacial score (nSPS) is 6.83. The fourth-order valence-electron chi connectivity index (χ4n) is 0. The highest BCUT2D eigenvalue weighted by molar-refractivity contribution is 7.73. The van der Waals surface area contributed by atoms with Gasteiger partial charge in [-0.3, -0.25) is 20.8 Å². The molecule has 0 bridgehead atoms. The summed E-state index contributed by atoms with van der Waals surface area (Å²) in [5.41, 5.74) is 0. The summed E-state index contributed by atoms with van der Waals surface area (Å²) in [6.45, 7) is 0. The van der Waals surface area contributed by atoms with Gasteiger partial charge in [-0.05, 0) is 0 Å². The van der Waals surface area contributed by atoms with Crippen LogP contribution in [-0.4, -0.2) is 13.3 Å². The smallest absolute Gasteiger partial charge is 0.284 e. The fraction of sp³-hybridized carbons (Fsp3) is 0. The molecule has 5 nitrogen and oxygen atoms in total. The van der Waals surface area contributed by atoms with E-state index in [0.29, 0.717) is 0 Å². The fourth-order valence-corrected chi connectivity index (χ4v) is 0. The lowest BCUT2D eigenvalue weighted by atomic mass is 13.0. The van der Waals surface area contributed by atoms with Crippen molar-refractivity contribution in [2.24, 2.45) is 11.7 Å². The van der Waals surface area contributed by atoms with Crippen LogP contribution in [0.15, 0.2) is 0 Å². The first-order valence-electron chi connectivity index (χ1n) is 0.865. The van der Waals surface area contributed by atoms with E-state index < -0.39 is 11.4 Å². The third kappa shape index (κ3) is 357000. The summed E-state index contributed by atoms with van der Waals surface area (Å²) in [7, 11) is 0. The first-order chi connectivity index (χ1) is 2.73. The molecule has 0 unspecified atom stereocenters. The predicted molar refractivity (Wildman–Crippen MR) is 21.8 cm³/mol. The lowest BCUT2D eigenvalue weighted by molar-refractivity contribution is 0.454. The maximum Gasteiger partial charge on any atom is 0.299 e. The SMILES string of the molecule is NN.O=S(O)O. The lowest BCUT2D eigenvalue weighted by Crippen LogP contribution is -2.02. The van der Waals surface area contributed by atoms with Crippen LogP contribution in [0.25, 0.3) is 0 Å². The van der Waals surface area contributed by atoms with Crippen molar-refractivity contribution in [1.82, 2.24) is 0 Å². The van der Waals surface area contributed by atoms with E-state index in [1.54, 1.807) is 0 Å². The maximum absolute atomic E-state index is 8.67. The van der Waals surface area contributed by atoms with Crippen LogP contribution < -0.4 is 11.7 Å². The molecule has 6 N–H and O–H groups in total. The minimum Gasteiger partial charge on any atom is -0.284 e. The van der Waals surface area contributed by atoms with Gasteiger partial charge in [0, 0.05) is 0 Å². The highest BCUT2D eigenvalue weighted by Crippen LogP contribution is 1.44. The first kappa shape index (κ1) is 9.37. The Hall–Kier alpha value is -0.0100. The largest absolute Gasteiger partial charge is 0.299 e. The molecule has 6 heavy (non-hydrogen) atoms. The molecule has 0 aromatic carbocycles. The van der Waals surface area contributed by atoms with E-state index in [1.807, 2.05) is 0 Å². The third-order valence-electron chi connectivity index (χ3n) is 0. The van der Waals surface area contributed by atoms with Crippen molar-refractivity contribution in [3.05, 3.63) is 0 Å². The number of hydrogen-bond acceptors (Lipinski definition) is 3. The minimum absolute atomic E-state index is 2.61. The zero-order valence-corrected chi connectivity index (χ0v) is 3.68. The standard InChI is InChI=1S/H4N2.H2O3S/c1-2;1-4(2)3/h1-2H2;(H2,1,2,3). The van der Waals surface area contributed by atoms with Gasteiger partial charge in [-0.1, -0.05) is 0 Å². The average Bonchev–Trinajstić information content (AvgIpc) is 1.41. The molecule has 0 rings (SSSR count). The third-order valence-corrected chi connectivity index (χ3v) is 0. The Bertz CT molecular complexity index is 31.8.